The highest BCUT2D eigenvalue weighted by molar-refractivity contribution is 5.94. The Bertz CT molecular complexity index is 632. The first kappa shape index (κ1) is 17.7. The van der Waals surface area contributed by atoms with Gasteiger partial charge in [-0.1, -0.05) is 0 Å². The van der Waals surface area contributed by atoms with Gasteiger partial charge >= 0.3 is 6.18 Å². The van der Waals surface area contributed by atoms with Crippen LogP contribution in [0.1, 0.15) is 41.7 Å². The molecule has 0 bridgehead atoms. The molecule has 2 fully saturated rings. The number of alkyl halides is 3. The molecule has 5 nitrogen and oxygen atoms in total. The molecule has 136 valence electrons. The first-order valence-electron chi connectivity index (χ1n) is 8.47. The fraction of sp³-hybridized carbons (Fsp3) is 0.588. The zero-order chi connectivity index (χ0) is 18.0. The third kappa shape index (κ3) is 3.93. The molecule has 3 rings (SSSR count). The molecule has 0 radical (unpaired) electrons. The quantitative estimate of drug-likeness (QED) is 0.819. The van der Waals surface area contributed by atoms with Crippen molar-refractivity contribution in [3.63, 3.8) is 0 Å². The zero-order valence-electron chi connectivity index (χ0n) is 13.8. The summed E-state index contributed by atoms with van der Waals surface area (Å²) in [5.74, 6) is -0.234. The average molecular weight is 355 g/mol. The van der Waals surface area contributed by atoms with Crippen molar-refractivity contribution in [2.24, 2.45) is 5.92 Å². The van der Waals surface area contributed by atoms with E-state index < -0.39 is 11.9 Å². The van der Waals surface area contributed by atoms with Gasteiger partial charge in [-0.05, 0) is 37.8 Å². The lowest BCUT2D eigenvalue weighted by atomic mass is 9.95. The Hall–Kier alpha value is -2.12. The van der Waals surface area contributed by atoms with E-state index in [-0.39, 0.29) is 23.3 Å². The molecule has 25 heavy (non-hydrogen) atoms. The van der Waals surface area contributed by atoms with Crippen LogP contribution in [0.5, 0.6) is 0 Å². The minimum Gasteiger partial charge on any atom is -0.342 e. The molecule has 0 aromatic carbocycles. The zero-order valence-corrected chi connectivity index (χ0v) is 13.8. The molecule has 2 aliphatic heterocycles. The highest BCUT2D eigenvalue weighted by Gasteiger charge is 2.34. The summed E-state index contributed by atoms with van der Waals surface area (Å²) in [5, 5.41) is 0. The largest absolute Gasteiger partial charge is 0.433 e. The number of rotatable bonds is 2. The molecular weight excluding hydrogens is 335 g/mol. The summed E-state index contributed by atoms with van der Waals surface area (Å²) in [6.07, 6.45) is -0.277. The van der Waals surface area contributed by atoms with Crippen LogP contribution in [0.4, 0.5) is 13.2 Å². The molecule has 2 amide bonds. The Morgan fingerprint density at radius 2 is 1.64 bits per heavy atom. The van der Waals surface area contributed by atoms with Crippen molar-refractivity contribution in [2.45, 2.75) is 31.9 Å². The fourth-order valence-corrected chi connectivity index (χ4v) is 3.40. The monoisotopic (exact) mass is 355 g/mol. The maximum absolute atomic E-state index is 12.5. The number of nitrogens with zero attached hydrogens (tertiary/aromatic N) is 3. The van der Waals surface area contributed by atoms with Crippen LogP contribution in [0.15, 0.2) is 18.3 Å². The number of piperidine rings is 1. The van der Waals surface area contributed by atoms with Crippen LogP contribution < -0.4 is 0 Å². The number of likely N-dealkylation sites (tertiary alicyclic amines) is 2. The first-order chi connectivity index (χ1) is 11.9. The van der Waals surface area contributed by atoms with Crippen LogP contribution in [-0.4, -0.2) is 52.8 Å². The molecule has 2 saturated heterocycles. The van der Waals surface area contributed by atoms with Gasteiger partial charge in [0.1, 0.15) is 5.69 Å². The van der Waals surface area contributed by atoms with Crippen molar-refractivity contribution in [1.82, 2.24) is 14.8 Å². The smallest absolute Gasteiger partial charge is 0.342 e. The Kier molecular flexibility index (Phi) is 4.96. The second kappa shape index (κ2) is 7.01. The molecule has 0 spiro atoms. The van der Waals surface area contributed by atoms with Crippen LogP contribution >= 0.6 is 0 Å². The third-order valence-corrected chi connectivity index (χ3v) is 4.85. The maximum atomic E-state index is 12.5. The normalized spacial score (nSPS) is 19.3. The SMILES string of the molecule is O=C(c1ccc(C(F)(F)F)nc1)N1CCC(C(=O)N2CCCC2)CC1. The summed E-state index contributed by atoms with van der Waals surface area (Å²) in [6, 6.07) is 1.97. The molecule has 0 saturated carbocycles. The summed E-state index contributed by atoms with van der Waals surface area (Å²) in [5.41, 5.74) is -0.878. The van der Waals surface area contributed by atoms with Crippen molar-refractivity contribution in [1.29, 1.82) is 0 Å². The van der Waals surface area contributed by atoms with E-state index in [9.17, 15) is 22.8 Å². The second-order valence-electron chi connectivity index (χ2n) is 6.53. The number of halogens is 3. The van der Waals surface area contributed by atoms with E-state index in [4.69, 9.17) is 0 Å². The number of amides is 2. The van der Waals surface area contributed by atoms with Gasteiger partial charge in [0.25, 0.3) is 5.91 Å². The topological polar surface area (TPSA) is 53.5 Å². The van der Waals surface area contributed by atoms with Crippen molar-refractivity contribution in [3.8, 4) is 0 Å². The van der Waals surface area contributed by atoms with E-state index in [1.807, 2.05) is 4.90 Å². The highest BCUT2D eigenvalue weighted by Crippen LogP contribution is 2.28. The van der Waals surface area contributed by atoms with Gasteiger partial charge in [-0.3, -0.25) is 14.6 Å². The van der Waals surface area contributed by atoms with Crippen LogP contribution in [0.3, 0.4) is 0 Å². The van der Waals surface area contributed by atoms with Gasteiger partial charge in [0.15, 0.2) is 0 Å². The molecular formula is C17H20F3N3O2. The van der Waals surface area contributed by atoms with Crippen LogP contribution in [0.2, 0.25) is 0 Å². The molecule has 0 unspecified atom stereocenters. The molecule has 0 N–H and O–H groups in total. The van der Waals surface area contributed by atoms with Gasteiger partial charge in [-0.15, -0.1) is 0 Å². The lowest BCUT2D eigenvalue weighted by Crippen LogP contribution is -2.43. The van der Waals surface area contributed by atoms with Gasteiger partial charge in [-0.2, -0.15) is 13.2 Å². The van der Waals surface area contributed by atoms with E-state index in [2.05, 4.69) is 4.98 Å². The number of carbonyl (C=O) groups is 2. The second-order valence-corrected chi connectivity index (χ2v) is 6.53. The molecule has 1 aromatic heterocycles. The fourth-order valence-electron chi connectivity index (χ4n) is 3.40. The van der Waals surface area contributed by atoms with E-state index in [0.717, 1.165) is 44.3 Å². The van der Waals surface area contributed by atoms with Crippen molar-refractivity contribution < 1.29 is 22.8 Å². The predicted octanol–water partition coefficient (Wildman–Crippen LogP) is 2.58. The standard InChI is InChI=1S/C17H20F3N3O2/c18-17(19,20)14-4-3-13(11-21-14)16(25)23-9-5-12(6-10-23)15(24)22-7-1-2-8-22/h3-4,11-12H,1-2,5-10H2. The van der Waals surface area contributed by atoms with Crippen LogP contribution in [0, 0.1) is 5.92 Å². The third-order valence-electron chi connectivity index (χ3n) is 4.85. The number of pyridine rings is 1. The highest BCUT2D eigenvalue weighted by atomic mass is 19.4. The van der Waals surface area contributed by atoms with Crippen molar-refractivity contribution in [3.05, 3.63) is 29.6 Å². The molecule has 8 heteroatoms. The Morgan fingerprint density at radius 3 is 2.16 bits per heavy atom. The van der Waals surface area contributed by atoms with Gasteiger partial charge in [0.05, 0.1) is 5.56 Å². The van der Waals surface area contributed by atoms with Crippen LogP contribution in [0.25, 0.3) is 0 Å². The summed E-state index contributed by atoms with van der Waals surface area (Å²) >= 11 is 0. The van der Waals surface area contributed by atoms with Crippen molar-refractivity contribution >= 4 is 11.8 Å². The first-order valence-corrected chi connectivity index (χ1v) is 8.47. The molecule has 2 aliphatic rings. The van der Waals surface area contributed by atoms with Crippen LogP contribution in [-0.2, 0) is 11.0 Å². The van der Waals surface area contributed by atoms with Gasteiger partial charge in [0, 0.05) is 38.3 Å². The van der Waals surface area contributed by atoms with E-state index >= 15 is 0 Å². The lowest BCUT2D eigenvalue weighted by molar-refractivity contribution is -0.141. The minimum absolute atomic E-state index is 0.0621. The number of aromatic nitrogens is 1. The van der Waals surface area contributed by atoms with Crippen molar-refractivity contribution in [2.75, 3.05) is 26.2 Å². The summed E-state index contributed by atoms with van der Waals surface area (Å²) in [4.78, 5) is 31.6. The Balaban J connectivity index is 1.57. The average Bonchev–Trinajstić information content (AvgIpc) is 3.14. The van der Waals surface area contributed by atoms with E-state index in [1.54, 1.807) is 4.90 Å². The summed E-state index contributed by atoms with van der Waals surface area (Å²) < 4.78 is 37.6. The van der Waals surface area contributed by atoms with Gasteiger partial charge in [0.2, 0.25) is 5.91 Å². The Morgan fingerprint density at radius 1 is 1.00 bits per heavy atom. The van der Waals surface area contributed by atoms with E-state index in [0.29, 0.717) is 25.9 Å². The lowest BCUT2D eigenvalue weighted by Gasteiger charge is -2.33. The molecule has 0 aliphatic carbocycles. The van der Waals surface area contributed by atoms with Gasteiger partial charge in [-0.25, -0.2) is 0 Å². The summed E-state index contributed by atoms with van der Waals surface area (Å²) in [7, 11) is 0. The summed E-state index contributed by atoms with van der Waals surface area (Å²) in [6.45, 7) is 2.50. The predicted molar refractivity (Wildman–Crippen MR) is 83.7 cm³/mol. The van der Waals surface area contributed by atoms with E-state index in [1.165, 1.54) is 0 Å². The maximum Gasteiger partial charge on any atom is 0.433 e. The number of hydrogen-bond donors (Lipinski definition) is 0. The van der Waals surface area contributed by atoms with Gasteiger partial charge < -0.3 is 9.80 Å². The molecule has 0 atom stereocenters. The minimum atomic E-state index is -4.52. The number of carbonyl (C=O) groups excluding carboxylic acids is 2. The number of hydrogen-bond acceptors (Lipinski definition) is 3. The Labute approximate surface area is 143 Å². The molecule has 3 heterocycles. The molecule has 1 aromatic rings.